The first-order chi connectivity index (χ1) is 11.1. The van der Waals surface area contributed by atoms with E-state index in [9.17, 15) is 9.18 Å². The van der Waals surface area contributed by atoms with E-state index in [1.165, 1.54) is 12.1 Å². The van der Waals surface area contributed by atoms with E-state index in [1.807, 2.05) is 0 Å². The first-order valence-electron chi connectivity index (χ1n) is 6.82. The maximum absolute atomic E-state index is 12.9. The Hall–Kier alpha value is -3.22. The standard InChI is InChI=1S/C16H13FN4O2/c17-11-7-5-10(6-8-11)9-23-13-4-2-1-3-12(13)14-15(16(18)22)20-21-19-14/h1-8H,9H2,(H2,18,22)(H,19,20,21). The number of nitrogens with two attached hydrogens (primary N) is 1. The molecule has 0 atom stereocenters. The summed E-state index contributed by atoms with van der Waals surface area (Å²) in [4.78, 5) is 11.4. The lowest BCUT2D eigenvalue weighted by atomic mass is 10.1. The quantitative estimate of drug-likeness (QED) is 0.756. The van der Waals surface area contributed by atoms with E-state index in [1.54, 1.807) is 36.4 Å². The van der Waals surface area contributed by atoms with Gasteiger partial charge >= 0.3 is 0 Å². The highest BCUT2D eigenvalue weighted by Crippen LogP contribution is 2.30. The second kappa shape index (κ2) is 6.27. The zero-order valence-electron chi connectivity index (χ0n) is 12.0. The molecule has 1 heterocycles. The molecule has 0 unspecified atom stereocenters. The number of nitrogens with one attached hydrogen (secondary N) is 1. The van der Waals surface area contributed by atoms with E-state index in [0.717, 1.165) is 5.56 Å². The van der Waals surface area contributed by atoms with Crippen molar-refractivity contribution in [2.45, 2.75) is 6.61 Å². The van der Waals surface area contributed by atoms with E-state index in [2.05, 4.69) is 15.4 Å². The lowest BCUT2D eigenvalue weighted by molar-refractivity contribution is 0.0996. The molecule has 3 rings (SSSR count). The largest absolute Gasteiger partial charge is 0.488 e. The summed E-state index contributed by atoms with van der Waals surface area (Å²) in [6, 6.07) is 13.1. The lowest BCUT2D eigenvalue weighted by Crippen LogP contribution is -2.13. The van der Waals surface area contributed by atoms with Gasteiger partial charge in [-0.05, 0) is 29.8 Å². The predicted molar refractivity (Wildman–Crippen MR) is 81.1 cm³/mol. The Morgan fingerprint density at radius 1 is 1.13 bits per heavy atom. The van der Waals surface area contributed by atoms with Crippen LogP contribution in [-0.2, 0) is 6.61 Å². The van der Waals surface area contributed by atoms with Gasteiger partial charge in [0.05, 0.1) is 0 Å². The molecular formula is C16H13FN4O2. The Kier molecular flexibility index (Phi) is 4.01. The maximum Gasteiger partial charge on any atom is 0.271 e. The zero-order valence-corrected chi connectivity index (χ0v) is 12.0. The van der Waals surface area contributed by atoms with Crippen LogP contribution in [0.15, 0.2) is 48.5 Å². The van der Waals surface area contributed by atoms with Gasteiger partial charge in [-0.2, -0.15) is 15.4 Å². The van der Waals surface area contributed by atoms with Crippen LogP contribution in [0.4, 0.5) is 4.39 Å². The van der Waals surface area contributed by atoms with Crippen LogP contribution in [0.25, 0.3) is 11.3 Å². The zero-order chi connectivity index (χ0) is 16.2. The number of carbonyl (C=O) groups is 1. The van der Waals surface area contributed by atoms with Crippen molar-refractivity contribution in [1.29, 1.82) is 0 Å². The number of carbonyl (C=O) groups excluding carboxylic acids is 1. The van der Waals surface area contributed by atoms with Crippen molar-refractivity contribution in [2.24, 2.45) is 5.73 Å². The molecule has 3 aromatic rings. The van der Waals surface area contributed by atoms with Crippen LogP contribution < -0.4 is 10.5 Å². The van der Waals surface area contributed by atoms with Crippen molar-refractivity contribution in [3.63, 3.8) is 0 Å². The third kappa shape index (κ3) is 3.18. The molecule has 7 heteroatoms. The molecule has 1 amide bonds. The predicted octanol–water partition coefficient (Wildman–Crippen LogP) is 2.29. The van der Waals surface area contributed by atoms with Crippen LogP contribution >= 0.6 is 0 Å². The van der Waals surface area contributed by atoms with Gasteiger partial charge in [-0.25, -0.2) is 4.39 Å². The molecule has 1 aromatic heterocycles. The first kappa shape index (κ1) is 14.7. The van der Waals surface area contributed by atoms with Crippen molar-refractivity contribution in [2.75, 3.05) is 0 Å². The number of hydrogen-bond donors (Lipinski definition) is 2. The summed E-state index contributed by atoms with van der Waals surface area (Å²) in [5.41, 5.74) is 7.07. The molecule has 116 valence electrons. The molecule has 23 heavy (non-hydrogen) atoms. The van der Waals surface area contributed by atoms with Crippen molar-refractivity contribution < 1.29 is 13.9 Å². The third-order valence-electron chi connectivity index (χ3n) is 3.23. The van der Waals surface area contributed by atoms with Crippen molar-refractivity contribution in [3.05, 3.63) is 65.6 Å². The topological polar surface area (TPSA) is 93.9 Å². The molecule has 2 aromatic carbocycles. The van der Waals surface area contributed by atoms with E-state index in [-0.39, 0.29) is 18.1 Å². The number of aromatic nitrogens is 3. The second-order valence-electron chi connectivity index (χ2n) is 4.80. The molecule has 0 aliphatic carbocycles. The fraction of sp³-hybridized carbons (Fsp3) is 0.0625. The number of aromatic amines is 1. The fourth-order valence-corrected chi connectivity index (χ4v) is 2.12. The van der Waals surface area contributed by atoms with Crippen molar-refractivity contribution in [3.8, 4) is 17.0 Å². The summed E-state index contributed by atoms with van der Waals surface area (Å²) in [6.07, 6.45) is 0. The van der Waals surface area contributed by atoms with Gasteiger partial charge in [0.1, 0.15) is 23.9 Å². The maximum atomic E-state index is 12.9. The minimum atomic E-state index is -0.679. The van der Waals surface area contributed by atoms with Gasteiger partial charge in [-0.1, -0.05) is 24.3 Å². The smallest absolute Gasteiger partial charge is 0.271 e. The molecule has 0 radical (unpaired) electrons. The Morgan fingerprint density at radius 2 is 1.87 bits per heavy atom. The molecule has 0 fully saturated rings. The van der Waals surface area contributed by atoms with Crippen molar-refractivity contribution >= 4 is 5.91 Å². The number of rotatable bonds is 5. The Balaban J connectivity index is 1.87. The van der Waals surface area contributed by atoms with Gasteiger partial charge in [0, 0.05) is 5.56 Å². The van der Waals surface area contributed by atoms with Gasteiger partial charge in [-0.3, -0.25) is 4.79 Å². The minimum absolute atomic E-state index is 0.0443. The normalized spacial score (nSPS) is 10.5. The average molecular weight is 312 g/mol. The van der Waals surface area contributed by atoms with Crippen LogP contribution in [0.1, 0.15) is 16.1 Å². The Bertz CT molecular complexity index is 830. The number of halogens is 1. The fourth-order valence-electron chi connectivity index (χ4n) is 2.12. The van der Waals surface area contributed by atoms with Crippen LogP contribution in [0.2, 0.25) is 0 Å². The minimum Gasteiger partial charge on any atom is -0.488 e. The second-order valence-corrected chi connectivity index (χ2v) is 4.80. The number of hydrogen-bond acceptors (Lipinski definition) is 4. The van der Waals surface area contributed by atoms with E-state index < -0.39 is 5.91 Å². The highest BCUT2D eigenvalue weighted by molar-refractivity contribution is 5.97. The summed E-state index contributed by atoms with van der Waals surface area (Å²) in [5.74, 6) is -0.460. The average Bonchev–Trinajstić information content (AvgIpc) is 3.04. The monoisotopic (exact) mass is 312 g/mol. The van der Waals surface area contributed by atoms with E-state index >= 15 is 0 Å². The molecule has 0 aliphatic heterocycles. The molecule has 6 nitrogen and oxygen atoms in total. The number of H-pyrrole nitrogens is 1. The lowest BCUT2D eigenvalue weighted by Gasteiger charge is -2.10. The molecule has 0 saturated carbocycles. The van der Waals surface area contributed by atoms with Crippen LogP contribution in [0.3, 0.4) is 0 Å². The van der Waals surface area contributed by atoms with E-state index in [4.69, 9.17) is 10.5 Å². The van der Waals surface area contributed by atoms with Gasteiger partial charge < -0.3 is 10.5 Å². The first-order valence-corrected chi connectivity index (χ1v) is 6.82. The summed E-state index contributed by atoms with van der Waals surface area (Å²) in [5, 5.41) is 10.1. The highest BCUT2D eigenvalue weighted by Gasteiger charge is 2.18. The van der Waals surface area contributed by atoms with Crippen LogP contribution in [0, 0.1) is 5.82 Å². The highest BCUT2D eigenvalue weighted by atomic mass is 19.1. The van der Waals surface area contributed by atoms with E-state index in [0.29, 0.717) is 17.0 Å². The number of para-hydroxylation sites is 1. The molecular weight excluding hydrogens is 299 g/mol. The van der Waals surface area contributed by atoms with Gasteiger partial charge in [0.25, 0.3) is 5.91 Å². The van der Waals surface area contributed by atoms with Gasteiger partial charge in [0.2, 0.25) is 0 Å². The summed E-state index contributed by atoms with van der Waals surface area (Å²) >= 11 is 0. The summed E-state index contributed by atoms with van der Waals surface area (Å²) in [6.45, 7) is 0.251. The van der Waals surface area contributed by atoms with Crippen LogP contribution in [0.5, 0.6) is 5.75 Å². The number of ether oxygens (including phenoxy) is 1. The molecule has 0 saturated heterocycles. The Labute approximate surface area is 131 Å². The Morgan fingerprint density at radius 3 is 2.61 bits per heavy atom. The molecule has 0 aliphatic rings. The summed E-state index contributed by atoms with van der Waals surface area (Å²) < 4.78 is 18.7. The third-order valence-corrected chi connectivity index (χ3v) is 3.23. The molecule has 0 spiro atoms. The van der Waals surface area contributed by atoms with Crippen molar-refractivity contribution in [1.82, 2.24) is 15.4 Å². The SMILES string of the molecule is NC(=O)c1n[nH]nc1-c1ccccc1OCc1ccc(F)cc1. The molecule has 0 bridgehead atoms. The number of amides is 1. The van der Waals surface area contributed by atoms with Gasteiger partial charge in [0.15, 0.2) is 5.69 Å². The number of primary amides is 1. The van der Waals surface area contributed by atoms with Crippen LogP contribution in [-0.4, -0.2) is 21.3 Å². The number of nitrogens with zero attached hydrogens (tertiary/aromatic N) is 2. The number of benzene rings is 2. The van der Waals surface area contributed by atoms with Gasteiger partial charge in [-0.15, -0.1) is 0 Å². The summed E-state index contributed by atoms with van der Waals surface area (Å²) in [7, 11) is 0. The molecule has 3 N–H and O–H groups in total.